The molecular formula is C19H22FN3O3. The lowest BCUT2D eigenvalue weighted by Crippen LogP contribution is -2.37. The van der Waals surface area contributed by atoms with Crippen molar-refractivity contribution in [1.82, 2.24) is 14.9 Å². The molecule has 1 aliphatic heterocycles. The van der Waals surface area contributed by atoms with Crippen molar-refractivity contribution in [3.05, 3.63) is 52.2 Å². The summed E-state index contributed by atoms with van der Waals surface area (Å²) in [5, 5.41) is 2.81. The molecule has 1 aromatic heterocycles. The number of nitrogens with one attached hydrogen (secondary N) is 1. The highest BCUT2D eigenvalue weighted by Gasteiger charge is 2.18. The number of aromatic nitrogens is 2. The van der Waals surface area contributed by atoms with Crippen molar-refractivity contribution in [1.29, 1.82) is 0 Å². The molecule has 2 aromatic rings. The fourth-order valence-electron chi connectivity index (χ4n) is 2.94. The first-order valence-corrected chi connectivity index (χ1v) is 8.82. The second-order valence-electron chi connectivity index (χ2n) is 6.30. The van der Waals surface area contributed by atoms with Gasteiger partial charge in [-0.2, -0.15) is 0 Å². The molecule has 1 aliphatic rings. The van der Waals surface area contributed by atoms with E-state index in [0.29, 0.717) is 30.0 Å². The summed E-state index contributed by atoms with van der Waals surface area (Å²) in [6.07, 6.45) is 2.55. The lowest BCUT2D eigenvalue weighted by Gasteiger charge is -2.15. The Kier molecular flexibility index (Phi) is 5.78. The Balaban J connectivity index is 1.83. The molecule has 1 fully saturated rings. The molecule has 1 N–H and O–H groups in total. The van der Waals surface area contributed by atoms with Crippen molar-refractivity contribution in [2.45, 2.75) is 38.8 Å². The zero-order valence-electron chi connectivity index (χ0n) is 14.7. The van der Waals surface area contributed by atoms with Crippen LogP contribution in [0.1, 0.15) is 25.5 Å². The Hall–Kier alpha value is -2.54. The first kappa shape index (κ1) is 18.3. The lowest BCUT2D eigenvalue weighted by molar-refractivity contribution is -0.122. The summed E-state index contributed by atoms with van der Waals surface area (Å²) in [6.45, 7) is 2.90. The molecule has 2 heterocycles. The van der Waals surface area contributed by atoms with Gasteiger partial charge in [-0.05, 0) is 43.5 Å². The van der Waals surface area contributed by atoms with Crippen molar-refractivity contribution in [3.8, 4) is 11.4 Å². The Morgan fingerprint density at radius 3 is 2.81 bits per heavy atom. The van der Waals surface area contributed by atoms with Crippen LogP contribution in [0, 0.1) is 5.82 Å². The monoisotopic (exact) mass is 359 g/mol. The molecule has 26 heavy (non-hydrogen) atoms. The number of carbonyl (C=O) groups excluding carboxylic acids is 1. The number of benzene rings is 1. The minimum Gasteiger partial charge on any atom is -0.376 e. The molecule has 1 atom stereocenters. The van der Waals surface area contributed by atoms with Crippen LogP contribution < -0.4 is 10.9 Å². The molecule has 1 saturated heterocycles. The third kappa shape index (κ3) is 4.35. The Morgan fingerprint density at radius 1 is 1.38 bits per heavy atom. The molecular weight excluding hydrogens is 337 g/mol. The Morgan fingerprint density at radius 2 is 2.15 bits per heavy atom. The molecule has 3 rings (SSSR count). The third-order valence-electron chi connectivity index (χ3n) is 4.38. The molecule has 0 aliphatic carbocycles. The quantitative estimate of drug-likeness (QED) is 0.855. The van der Waals surface area contributed by atoms with Gasteiger partial charge in [0.2, 0.25) is 5.91 Å². The number of amides is 1. The van der Waals surface area contributed by atoms with E-state index in [4.69, 9.17) is 4.74 Å². The van der Waals surface area contributed by atoms with Gasteiger partial charge in [-0.1, -0.05) is 6.92 Å². The summed E-state index contributed by atoms with van der Waals surface area (Å²) in [7, 11) is 0. The van der Waals surface area contributed by atoms with Crippen LogP contribution in [0.15, 0.2) is 35.1 Å². The van der Waals surface area contributed by atoms with Crippen LogP contribution in [0.3, 0.4) is 0 Å². The zero-order chi connectivity index (χ0) is 18.5. The van der Waals surface area contributed by atoms with Crippen molar-refractivity contribution in [3.63, 3.8) is 0 Å². The van der Waals surface area contributed by atoms with Gasteiger partial charge in [-0.15, -0.1) is 0 Å². The highest BCUT2D eigenvalue weighted by atomic mass is 19.1. The van der Waals surface area contributed by atoms with E-state index in [0.717, 1.165) is 19.4 Å². The number of aryl methyl sites for hydroxylation is 1. The lowest BCUT2D eigenvalue weighted by atomic mass is 10.2. The summed E-state index contributed by atoms with van der Waals surface area (Å²) in [5.41, 5.74) is 0.916. The first-order chi connectivity index (χ1) is 12.6. The van der Waals surface area contributed by atoms with E-state index >= 15 is 0 Å². The van der Waals surface area contributed by atoms with Gasteiger partial charge < -0.3 is 10.1 Å². The number of ether oxygens (including phenoxy) is 1. The van der Waals surface area contributed by atoms with E-state index in [1.807, 2.05) is 6.92 Å². The predicted molar refractivity (Wildman–Crippen MR) is 95.3 cm³/mol. The van der Waals surface area contributed by atoms with E-state index in [-0.39, 0.29) is 29.9 Å². The maximum atomic E-state index is 13.2. The Labute approximate surface area is 151 Å². The number of carbonyl (C=O) groups is 1. The molecule has 0 radical (unpaired) electrons. The fraction of sp³-hybridized carbons (Fsp3) is 0.421. The highest BCUT2D eigenvalue weighted by Crippen LogP contribution is 2.17. The maximum Gasteiger partial charge on any atom is 0.254 e. The van der Waals surface area contributed by atoms with E-state index in [2.05, 4.69) is 10.3 Å². The molecule has 0 spiro atoms. The van der Waals surface area contributed by atoms with Gasteiger partial charge in [0.25, 0.3) is 5.56 Å². The fourth-order valence-corrected chi connectivity index (χ4v) is 2.94. The van der Waals surface area contributed by atoms with Crippen LogP contribution >= 0.6 is 0 Å². The smallest absolute Gasteiger partial charge is 0.254 e. The predicted octanol–water partition coefficient (Wildman–Crippen LogP) is 1.91. The average Bonchev–Trinajstić information content (AvgIpc) is 3.16. The zero-order valence-corrected chi connectivity index (χ0v) is 14.7. The van der Waals surface area contributed by atoms with Crippen LogP contribution in [0.5, 0.6) is 0 Å². The normalized spacial score (nSPS) is 16.6. The van der Waals surface area contributed by atoms with Gasteiger partial charge in [-0.3, -0.25) is 14.2 Å². The molecule has 0 bridgehead atoms. The third-order valence-corrected chi connectivity index (χ3v) is 4.38. The minimum absolute atomic E-state index is 0.0350. The van der Waals surface area contributed by atoms with Gasteiger partial charge in [0.1, 0.15) is 18.2 Å². The number of nitrogens with zero attached hydrogens (tertiary/aromatic N) is 2. The van der Waals surface area contributed by atoms with Crippen molar-refractivity contribution >= 4 is 5.91 Å². The standard InChI is InChI=1S/C19H22FN3O3/c1-2-15-10-18(25)23(12-17(24)21-11-16-4-3-9-26-16)19(22-15)13-5-7-14(20)8-6-13/h5-8,10,16H,2-4,9,11-12H2,1H3,(H,21,24). The summed E-state index contributed by atoms with van der Waals surface area (Å²) >= 11 is 0. The van der Waals surface area contributed by atoms with Gasteiger partial charge in [-0.25, -0.2) is 9.37 Å². The van der Waals surface area contributed by atoms with E-state index in [1.165, 1.54) is 22.8 Å². The van der Waals surface area contributed by atoms with Crippen LogP contribution in [0.25, 0.3) is 11.4 Å². The molecule has 7 heteroatoms. The van der Waals surface area contributed by atoms with Crippen molar-refractivity contribution < 1.29 is 13.9 Å². The Bertz CT molecular complexity index is 827. The number of hydrogen-bond donors (Lipinski definition) is 1. The summed E-state index contributed by atoms with van der Waals surface area (Å²) in [5.74, 6) is -0.290. The van der Waals surface area contributed by atoms with Gasteiger partial charge in [0.05, 0.1) is 6.10 Å². The minimum atomic E-state index is -0.372. The summed E-state index contributed by atoms with van der Waals surface area (Å²) < 4.78 is 20.0. The number of halogens is 1. The molecule has 1 unspecified atom stereocenters. The van der Waals surface area contributed by atoms with Gasteiger partial charge in [0, 0.05) is 30.5 Å². The van der Waals surface area contributed by atoms with Crippen LogP contribution in [0.4, 0.5) is 4.39 Å². The van der Waals surface area contributed by atoms with Crippen LogP contribution in [0.2, 0.25) is 0 Å². The van der Waals surface area contributed by atoms with Crippen LogP contribution in [-0.4, -0.2) is 34.7 Å². The van der Waals surface area contributed by atoms with Crippen LogP contribution in [-0.2, 0) is 22.5 Å². The molecule has 1 aromatic carbocycles. The summed E-state index contributed by atoms with van der Waals surface area (Å²) in [4.78, 5) is 29.3. The van der Waals surface area contributed by atoms with E-state index in [1.54, 1.807) is 12.1 Å². The van der Waals surface area contributed by atoms with E-state index in [9.17, 15) is 14.0 Å². The molecule has 0 saturated carbocycles. The second-order valence-corrected chi connectivity index (χ2v) is 6.30. The average molecular weight is 359 g/mol. The largest absolute Gasteiger partial charge is 0.376 e. The molecule has 138 valence electrons. The van der Waals surface area contributed by atoms with E-state index < -0.39 is 0 Å². The maximum absolute atomic E-state index is 13.2. The highest BCUT2D eigenvalue weighted by molar-refractivity contribution is 5.76. The number of hydrogen-bond acceptors (Lipinski definition) is 4. The van der Waals surface area contributed by atoms with Gasteiger partial charge >= 0.3 is 0 Å². The summed E-state index contributed by atoms with van der Waals surface area (Å²) in [6, 6.07) is 7.15. The molecule has 6 nitrogen and oxygen atoms in total. The molecule has 1 amide bonds. The SMILES string of the molecule is CCc1cc(=O)n(CC(=O)NCC2CCCO2)c(-c2ccc(F)cc2)n1. The topological polar surface area (TPSA) is 73.2 Å². The number of rotatable bonds is 6. The first-order valence-electron chi connectivity index (χ1n) is 8.82. The second kappa shape index (κ2) is 8.23. The van der Waals surface area contributed by atoms with Crippen molar-refractivity contribution in [2.75, 3.05) is 13.2 Å². The van der Waals surface area contributed by atoms with Gasteiger partial charge in [0.15, 0.2) is 0 Å². The van der Waals surface area contributed by atoms with Crippen molar-refractivity contribution in [2.24, 2.45) is 0 Å².